The standard InChI is InChI=1S/C18H14BrN3O3/c1-11-16(17(22-25-11)12-5-3-2-4-6-12)18(24)21-20-10-13-9-14(19)7-8-15(13)23/h2-10,23H,1H3,(H,21,24)/b20-10-. The molecule has 0 radical (unpaired) electrons. The van der Waals surface area contributed by atoms with Crippen molar-refractivity contribution in [1.82, 2.24) is 10.6 Å². The molecule has 0 bridgehead atoms. The summed E-state index contributed by atoms with van der Waals surface area (Å²) in [6, 6.07) is 14.2. The predicted molar refractivity (Wildman–Crippen MR) is 97.5 cm³/mol. The van der Waals surface area contributed by atoms with E-state index < -0.39 is 5.91 Å². The van der Waals surface area contributed by atoms with Crippen molar-refractivity contribution < 1.29 is 14.4 Å². The largest absolute Gasteiger partial charge is 0.507 e. The summed E-state index contributed by atoms with van der Waals surface area (Å²) in [6.07, 6.45) is 1.36. The lowest BCUT2D eigenvalue weighted by Gasteiger charge is -2.02. The van der Waals surface area contributed by atoms with Crippen molar-refractivity contribution >= 4 is 28.1 Å². The number of benzene rings is 2. The molecule has 0 fully saturated rings. The topological polar surface area (TPSA) is 87.7 Å². The first kappa shape index (κ1) is 16.9. The second-order valence-corrected chi connectivity index (χ2v) is 6.15. The molecule has 0 aliphatic heterocycles. The van der Waals surface area contributed by atoms with Gasteiger partial charge >= 0.3 is 0 Å². The Kier molecular flexibility index (Phi) is 4.95. The van der Waals surface area contributed by atoms with Gasteiger partial charge in [-0.2, -0.15) is 5.10 Å². The molecule has 0 saturated carbocycles. The van der Waals surface area contributed by atoms with Crippen molar-refractivity contribution in [3.63, 3.8) is 0 Å². The number of aromatic nitrogens is 1. The Morgan fingerprint density at radius 2 is 2.04 bits per heavy atom. The number of hydrazone groups is 1. The Labute approximate surface area is 152 Å². The first-order chi connectivity index (χ1) is 12.1. The van der Waals surface area contributed by atoms with Gasteiger partial charge in [-0.05, 0) is 25.1 Å². The van der Waals surface area contributed by atoms with Crippen molar-refractivity contribution in [2.45, 2.75) is 6.92 Å². The van der Waals surface area contributed by atoms with E-state index in [0.717, 1.165) is 10.0 Å². The van der Waals surface area contributed by atoms with Crippen LogP contribution in [-0.4, -0.2) is 22.4 Å². The molecule has 0 spiro atoms. The number of aromatic hydroxyl groups is 1. The van der Waals surface area contributed by atoms with Crippen LogP contribution in [0.1, 0.15) is 21.7 Å². The summed E-state index contributed by atoms with van der Waals surface area (Å²) in [4.78, 5) is 12.5. The highest BCUT2D eigenvalue weighted by molar-refractivity contribution is 9.10. The van der Waals surface area contributed by atoms with E-state index in [1.807, 2.05) is 30.3 Å². The van der Waals surface area contributed by atoms with E-state index in [1.165, 1.54) is 12.3 Å². The maximum absolute atomic E-state index is 12.5. The van der Waals surface area contributed by atoms with Crippen LogP contribution in [0.5, 0.6) is 5.75 Å². The molecule has 25 heavy (non-hydrogen) atoms. The van der Waals surface area contributed by atoms with Crippen LogP contribution in [0.15, 0.2) is 62.6 Å². The first-order valence-electron chi connectivity index (χ1n) is 7.40. The molecule has 1 aromatic heterocycles. The predicted octanol–water partition coefficient (Wildman–Crippen LogP) is 3.88. The van der Waals surface area contributed by atoms with Crippen LogP contribution >= 0.6 is 15.9 Å². The molecule has 1 heterocycles. The highest BCUT2D eigenvalue weighted by atomic mass is 79.9. The molecule has 1 amide bonds. The van der Waals surface area contributed by atoms with E-state index in [4.69, 9.17) is 4.52 Å². The van der Waals surface area contributed by atoms with Gasteiger partial charge in [0, 0.05) is 15.6 Å². The van der Waals surface area contributed by atoms with E-state index in [0.29, 0.717) is 22.6 Å². The molecule has 6 nitrogen and oxygen atoms in total. The number of nitrogens with zero attached hydrogens (tertiary/aromatic N) is 2. The molecule has 0 aliphatic rings. The Balaban J connectivity index is 1.82. The molecule has 126 valence electrons. The van der Waals surface area contributed by atoms with E-state index in [1.54, 1.807) is 19.1 Å². The molecular formula is C18H14BrN3O3. The third-order valence-electron chi connectivity index (χ3n) is 3.50. The van der Waals surface area contributed by atoms with Crippen LogP contribution in [0.3, 0.4) is 0 Å². The van der Waals surface area contributed by atoms with E-state index >= 15 is 0 Å². The van der Waals surface area contributed by atoms with E-state index in [2.05, 4.69) is 31.6 Å². The summed E-state index contributed by atoms with van der Waals surface area (Å²) in [7, 11) is 0. The zero-order valence-corrected chi connectivity index (χ0v) is 14.8. The number of phenolic OH excluding ortho intramolecular Hbond substituents is 1. The number of phenols is 1. The fraction of sp³-hybridized carbons (Fsp3) is 0.0556. The van der Waals surface area contributed by atoms with Crippen LogP contribution < -0.4 is 5.43 Å². The fourth-order valence-corrected chi connectivity index (χ4v) is 2.66. The smallest absolute Gasteiger partial charge is 0.277 e. The van der Waals surface area contributed by atoms with Crippen molar-refractivity contribution in [2.75, 3.05) is 0 Å². The molecule has 2 N–H and O–H groups in total. The number of halogens is 1. The third kappa shape index (κ3) is 3.77. The monoisotopic (exact) mass is 399 g/mol. The number of carbonyl (C=O) groups excluding carboxylic acids is 1. The van der Waals surface area contributed by atoms with Gasteiger partial charge in [0.15, 0.2) is 0 Å². The van der Waals surface area contributed by atoms with Gasteiger partial charge in [-0.1, -0.05) is 51.4 Å². The summed E-state index contributed by atoms with van der Waals surface area (Å²) >= 11 is 3.31. The quantitative estimate of drug-likeness (QED) is 0.514. The highest BCUT2D eigenvalue weighted by Crippen LogP contribution is 2.25. The molecule has 0 saturated heterocycles. The summed E-state index contributed by atoms with van der Waals surface area (Å²) in [5, 5.41) is 17.6. The molecule has 2 aromatic carbocycles. The molecule has 0 unspecified atom stereocenters. The van der Waals surface area contributed by atoms with Crippen LogP contribution in [0.2, 0.25) is 0 Å². The summed E-state index contributed by atoms with van der Waals surface area (Å²) in [6.45, 7) is 1.66. The minimum Gasteiger partial charge on any atom is -0.507 e. The first-order valence-corrected chi connectivity index (χ1v) is 8.19. The van der Waals surface area contributed by atoms with Gasteiger partial charge in [-0.25, -0.2) is 5.43 Å². The number of aryl methyl sites for hydroxylation is 1. The number of rotatable bonds is 4. The molecule has 0 aliphatic carbocycles. The van der Waals surface area contributed by atoms with Crippen molar-refractivity contribution in [1.29, 1.82) is 0 Å². The molecule has 0 atom stereocenters. The Morgan fingerprint density at radius 3 is 2.80 bits per heavy atom. The number of hydrogen-bond acceptors (Lipinski definition) is 5. The van der Waals surface area contributed by atoms with Crippen LogP contribution in [0.4, 0.5) is 0 Å². The second-order valence-electron chi connectivity index (χ2n) is 5.23. The van der Waals surface area contributed by atoms with Gasteiger partial charge in [0.05, 0.1) is 6.21 Å². The Bertz CT molecular complexity index is 936. The van der Waals surface area contributed by atoms with E-state index in [9.17, 15) is 9.90 Å². The lowest BCUT2D eigenvalue weighted by molar-refractivity contribution is 0.0954. The van der Waals surface area contributed by atoms with E-state index in [-0.39, 0.29) is 5.75 Å². The summed E-state index contributed by atoms with van der Waals surface area (Å²) < 4.78 is 5.95. The van der Waals surface area contributed by atoms with Gasteiger partial charge in [0.1, 0.15) is 22.8 Å². The highest BCUT2D eigenvalue weighted by Gasteiger charge is 2.21. The molecule has 3 aromatic rings. The average Bonchev–Trinajstić information content (AvgIpc) is 3.00. The lowest BCUT2D eigenvalue weighted by atomic mass is 10.1. The third-order valence-corrected chi connectivity index (χ3v) is 3.99. The zero-order valence-electron chi connectivity index (χ0n) is 13.2. The van der Waals surface area contributed by atoms with Gasteiger partial charge in [0.25, 0.3) is 5.91 Å². The van der Waals surface area contributed by atoms with Crippen molar-refractivity contribution in [3.8, 4) is 17.0 Å². The number of hydrogen-bond donors (Lipinski definition) is 2. The van der Waals surface area contributed by atoms with Crippen LogP contribution in [0, 0.1) is 6.92 Å². The van der Waals surface area contributed by atoms with Gasteiger partial charge in [-0.3, -0.25) is 4.79 Å². The second kappa shape index (κ2) is 7.31. The number of amides is 1. The van der Waals surface area contributed by atoms with Gasteiger partial charge < -0.3 is 9.63 Å². The minimum atomic E-state index is -0.441. The summed E-state index contributed by atoms with van der Waals surface area (Å²) in [5.74, 6) is 0.0209. The maximum Gasteiger partial charge on any atom is 0.277 e. The van der Waals surface area contributed by atoms with Gasteiger partial charge in [0.2, 0.25) is 0 Å². The Morgan fingerprint density at radius 1 is 1.28 bits per heavy atom. The number of nitrogens with one attached hydrogen (secondary N) is 1. The molecule has 3 rings (SSSR count). The minimum absolute atomic E-state index is 0.0623. The lowest BCUT2D eigenvalue weighted by Crippen LogP contribution is -2.18. The molecular weight excluding hydrogens is 386 g/mol. The molecule has 7 heteroatoms. The fourth-order valence-electron chi connectivity index (χ4n) is 2.28. The van der Waals surface area contributed by atoms with Gasteiger partial charge in [-0.15, -0.1) is 0 Å². The van der Waals surface area contributed by atoms with Crippen LogP contribution in [-0.2, 0) is 0 Å². The number of carbonyl (C=O) groups is 1. The Hall–Kier alpha value is -2.93. The van der Waals surface area contributed by atoms with Crippen LogP contribution in [0.25, 0.3) is 11.3 Å². The van der Waals surface area contributed by atoms with Crippen molar-refractivity contribution in [2.24, 2.45) is 5.10 Å². The SMILES string of the molecule is Cc1onc(-c2ccccc2)c1C(=O)N/N=C\c1cc(Br)ccc1O. The van der Waals surface area contributed by atoms with Crippen molar-refractivity contribution in [3.05, 3.63) is 69.9 Å². The normalized spacial score (nSPS) is 11.0. The average molecular weight is 400 g/mol. The zero-order chi connectivity index (χ0) is 17.8. The summed E-state index contributed by atoms with van der Waals surface area (Å²) in [5.41, 5.74) is 4.46. The maximum atomic E-state index is 12.5.